The second kappa shape index (κ2) is 6.11. The van der Waals surface area contributed by atoms with Gasteiger partial charge in [0.1, 0.15) is 23.0 Å². The van der Waals surface area contributed by atoms with Crippen LogP contribution in [0.25, 0.3) is 0 Å². The number of ether oxygens (including phenoxy) is 2. The van der Waals surface area contributed by atoms with Gasteiger partial charge in [-0.3, -0.25) is 0 Å². The summed E-state index contributed by atoms with van der Waals surface area (Å²) in [6.07, 6.45) is -0.654. The van der Waals surface area contributed by atoms with Crippen molar-refractivity contribution in [2.75, 3.05) is 0 Å². The summed E-state index contributed by atoms with van der Waals surface area (Å²) in [6.45, 7) is 1.67. The summed E-state index contributed by atoms with van der Waals surface area (Å²) in [7, 11) is 0. The molecule has 6 heteroatoms. The smallest absolute Gasteiger partial charge is 0.238 e. The molecule has 2 aromatic carbocycles. The third-order valence-corrected chi connectivity index (χ3v) is 3.01. The molecular formula is C14H12Cl2O4. The largest absolute Gasteiger partial charge is 0.508 e. The minimum atomic E-state index is -0.654. The highest BCUT2D eigenvalue weighted by molar-refractivity contribution is 6.32. The minimum absolute atomic E-state index is 0.0532. The van der Waals surface area contributed by atoms with Gasteiger partial charge >= 0.3 is 0 Å². The van der Waals surface area contributed by atoms with Crippen LogP contribution in [-0.4, -0.2) is 16.5 Å². The van der Waals surface area contributed by atoms with Gasteiger partial charge in [-0.15, -0.1) is 0 Å². The summed E-state index contributed by atoms with van der Waals surface area (Å²) in [5.41, 5.74) is 0. The van der Waals surface area contributed by atoms with Crippen molar-refractivity contribution >= 4 is 23.2 Å². The molecule has 0 heterocycles. The lowest BCUT2D eigenvalue weighted by molar-refractivity contribution is 0.0224. The maximum absolute atomic E-state index is 9.26. The monoisotopic (exact) mass is 314 g/mol. The zero-order chi connectivity index (χ0) is 14.7. The number of hydrogen-bond acceptors (Lipinski definition) is 4. The Hall–Kier alpha value is -1.78. The average molecular weight is 315 g/mol. The van der Waals surface area contributed by atoms with E-state index in [4.69, 9.17) is 32.7 Å². The molecule has 0 atom stereocenters. The Labute approximate surface area is 126 Å². The van der Waals surface area contributed by atoms with E-state index in [9.17, 15) is 10.2 Å². The Morgan fingerprint density at radius 3 is 1.60 bits per heavy atom. The van der Waals surface area contributed by atoms with Crippen LogP contribution >= 0.6 is 23.2 Å². The van der Waals surface area contributed by atoms with Crippen LogP contribution in [0.1, 0.15) is 6.92 Å². The number of phenols is 2. The van der Waals surface area contributed by atoms with E-state index in [-0.39, 0.29) is 21.5 Å². The van der Waals surface area contributed by atoms with Gasteiger partial charge in [-0.1, -0.05) is 23.2 Å². The molecule has 0 fully saturated rings. The molecule has 20 heavy (non-hydrogen) atoms. The van der Waals surface area contributed by atoms with Crippen LogP contribution in [-0.2, 0) is 0 Å². The molecule has 0 unspecified atom stereocenters. The van der Waals surface area contributed by atoms with Crippen molar-refractivity contribution < 1.29 is 19.7 Å². The Morgan fingerprint density at radius 1 is 0.850 bits per heavy atom. The van der Waals surface area contributed by atoms with Gasteiger partial charge in [0, 0.05) is 19.1 Å². The van der Waals surface area contributed by atoms with E-state index in [0.717, 1.165) is 0 Å². The second-order valence-electron chi connectivity index (χ2n) is 4.03. The van der Waals surface area contributed by atoms with Gasteiger partial charge in [0.15, 0.2) is 0 Å². The van der Waals surface area contributed by atoms with E-state index >= 15 is 0 Å². The maximum atomic E-state index is 9.26. The van der Waals surface area contributed by atoms with E-state index in [1.54, 1.807) is 6.92 Å². The molecule has 2 N–H and O–H groups in total. The van der Waals surface area contributed by atoms with Gasteiger partial charge < -0.3 is 19.7 Å². The maximum Gasteiger partial charge on any atom is 0.238 e. The quantitative estimate of drug-likeness (QED) is 0.830. The SMILES string of the molecule is CC(Oc1ccc(O)cc1Cl)Oc1ccc(O)cc1Cl. The van der Waals surface area contributed by atoms with E-state index in [2.05, 4.69) is 0 Å². The predicted molar refractivity (Wildman–Crippen MR) is 77.0 cm³/mol. The summed E-state index contributed by atoms with van der Waals surface area (Å²) in [4.78, 5) is 0. The van der Waals surface area contributed by atoms with Crippen LogP contribution in [0, 0.1) is 0 Å². The summed E-state index contributed by atoms with van der Waals surface area (Å²) in [6, 6.07) is 8.74. The molecule has 0 aliphatic heterocycles. The molecule has 0 bridgehead atoms. The van der Waals surface area contributed by atoms with E-state index in [0.29, 0.717) is 11.5 Å². The van der Waals surface area contributed by atoms with Gasteiger partial charge in [-0.05, 0) is 24.3 Å². The van der Waals surface area contributed by atoms with Crippen LogP contribution in [0.5, 0.6) is 23.0 Å². The summed E-state index contributed by atoms with van der Waals surface area (Å²) in [5.74, 6) is 0.869. The van der Waals surface area contributed by atoms with Crippen molar-refractivity contribution in [2.45, 2.75) is 13.2 Å². The van der Waals surface area contributed by atoms with Gasteiger partial charge in [0.2, 0.25) is 6.29 Å². The topological polar surface area (TPSA) is 58.9 Å². The molecule has 4 nitrogen and oxygen atoms in total. The van der Waals surface area contributed by atoms with Crippen molar-refractivity contribution in [3.63, 3.8) is 0 Å². The summed E-state index contributed by atoms with van der Waals surface area (Å²) < 4.78 is 11.0. The zero-order valence-corrected chi connectivity index (χ0v) is 12.0. The lowest BCUT2D eigenvalue weighted by atomic mass is 10.3. The number of rotatable bonds is 4. The number of hydrogen-bond donors (Lipinski definition) is 2. The number of benzene rings is 2. The van der Waals surface area contributed by atoms with Crippen molar-refractivity contribution in [3.8, 4) is 23.0 Å². The molecule has 0 saturated heterocycles. The van der Waals surface area contributed by atoms with Crippen LogP contribution in [0.4, 0.5) is 0 Å². The number of halogens is 2. The molecule has 0 radical (unpaired) electrons. The lowest BCUT2D eigenvalue weighted by Gasteiger charge is -2.18. The van der Waals surface area contributed by atoms with Gasteiger partial charge in [-0.2, -0.15) is 0 Å². The minimum Gasteiger partial charge on any atom is -0.508 e. The Bertz CT molecular complexity index is 563. The molecule has 0 amide bonds. The first kappa shape index (κ1) is 14.6. The normalized spacial score (nSPS) is 10.6. The molecule has 0 aliphatic rings. The van der Waals surface area contributed by atoms with E-state index < -0.39 is 6.29 Å². The van der Waals surface area contributed by atoms with Crippen molar-refractivity contribution in [3.05, 3.63) is 46.4 Å². The first-order chi connectivity index (χ1) is 9.45. The van der Waals surface area contributed by atoms with Crippen LogP contribution < -0.4 is 9.47 Å². The van der Waals surface area contributed by atoms with E-state index in [1.165, 1.54) is 36.4 Å². The van der Waals surface area contributed by atoms with Crippen LogP contribution in [0.15, 0.2) is 36.4 Å². The average Bonchev–Trinajstić information content (AvgIpc) is 2.36. The Morgan fingerprint density at radius 2 is 1.25 bits per heavy atom. The van der Waals surface area contributed by atoms with Crippen molar-refractivity contribution in [2.24, 2.45) is 0 Å². The summed E-state index contributed by atoms with van der Waals surface area (Å²) >= 11 is 11.9. The fourth-order valence-electron chi connectivity index (χ4n) is 1.55. The van der Waals surface area contributed by atoms with Crippen LogP contribution in [0.2, 0.25) is 10.0 Å². The van der Waals surface area contributed by atoms with E-state index in [1.807, 2.05) is 0 Å². The van der Waals surface area contributed by atoms with Crippen LogP contribution in [0.3, 0.4) is 0 Å². The third-order valence-electron chi connectivity index (χ3n) is 2.42. The Kier molecular flexibility index (Phi) is 4.47. The first-order valence-electron chi connectivity index (χ1n) is 5.76. The lowest BCUT2D eigenvalue weighted by Crippen LogP contribution is -2.19. The summed E-state index contributed by atoms with van der Waals surface area (Å²) in [5, 5.41) is 19.1. The molecule has 2 aromatic rings. The van der Waals surface area contributed by atoms with Crippen molar-refractivity contribution in [1.29, 1.82) is 0 Å². The van der Waals surface area contributed by atoms with Gasteiger partial charge in [0.05, 0.1) is 10.0 Å². The van der Waals surface area contributed by atoms with Gasteiger partial charge in [-0.25, -0.2) is 0 Å². The first-order valence-corrected chi connectivity index (χ1v) is 6.51. The highest BCUT2D eigenvalue weighted by Gasteiger charge is 2.11. The molecule has 2 rings (SSSR count). The zero-order valence-electron chi connectivity index (χ0n) is 10.5. The fourth-order valence-corrected chi connectivity index (χ4v) is 1.99. The highest BCUT2D eigenvalue weighted by Crippen LogP contribution is 2.31. The molecule has 0 saturated carbocycles. The standard InChI is InChI=1S/C14H12Cl2O4/c1-8(19-13-4-2-9(17)6-11(13)15)20-14-5-3-10(18)7-12(14)16/h2-8,17-18H,1H3. The molecular weight excluding hydrogens is 303 g/mol. The molecule has 0 aromatic heterocycles. The Balaban J connectivity index is 2.07. The number of aromatic hydroxyl groups is 2. The predicted octanol–water partition coefficient (Wildman–Crippen LogP) is 4.21. The molecule has 0 spiro atoms. The highest BCUT2D eigenvalue weighted by atomic mass is 35.5. The molecule has 0 aliphatic carbocycles. The van der Waals surface area contributed by atoms with Gasteiger partial charge in [0.25, 0.3) is 0 Å². The second-order valence-corrected chi connectivity index (χ2v) is 4.85. The third kappa shape index (κ3) is 3.62. The van der Waals surface area contributed by atoms with Crippen molar-refractivity contribution in [1.82, 2.24) is 0 Å². The fraction of sp³-hybridized carbons (Fsp3) is 0.143. The number of phenolic OH excluding ortho intramolecular Hbond substituents is 2. The molecule has 106 valence electrons.